The summed E-state index contributed by atoms with van der Waals surface area (Å²) in [5, 5.41) is 0. The fourth-order valence-corrected chi connectivity index (χ4v) is 5.38. The number of hydrogen-bond donors (Lipinski definition) is 0. The van der Waals surface area contributed by atoms with Gasteiger partial charge in [0, 0.05) is 13.1 Å². The van der Waals surface area contributed by atoms with Gasteiger partial charge in [-0.25, -0.2) is 0 Å². The Kier molecular flexibility index (Phi) is 4.79. The number of likely N-dealkylation sites (tertiary alicyclic amines) is 1. The Balaban J connectivity index is 2.02. The number of carbonyl (C=O) groups excluding carboxylic acids is 1. The van der Waals surface area contributed by atoms with Crippen LogP contribution in [0.3, 0.4) is 0 Å². The molecular weight excluding hydrogens is 390 g/mol. The van der Waals surface area contributed by atoms with Crippen LogP contribution in [0.25, 0.3) is 0 Å². The van der Waals surface area contributed by atoms with Gasteiger partial charge in [0.1, 0.15) is 0 Å². The number of carbonyl (C=O) groups is 1. The maximum atomic E-state index is 12.5. The second-order valence-corrected chi connectivity index (χ2v) is 9.92. The molecule has 1 aromatic rings. The standard InChI is InChI=1S/C14H19Br2NOS/c1-14(2,3)9-4-6-17(7-5-9)13(18)10-8-11(15)19-12(10)16/h8-9H,4-7H2,1-3H3. The van der Waals surface area contributed by atoms with E-state index < -0.39 is 0 Å². The molecule has 1 aliphatic rings. The topological polar surface area (TPSA) is 20.3 Å². The van der Waals surface area contributed by atoms with Crippen LogP contribution in [-0.4, -0.2) is 23.9 Å². The minimum Gasteiger partial charge on any atom is -0.339 e. The second kappa shape index (κ2) is 5.86. The van der Waals surface area contributed by atoms with Crippen molar-refractivity contribution in [3.63, 3.8) is 0 Å². The molecular formula is C14H19Br2NOS. The average Bonchev–Trinajstić information content (AvgIpc) is 2.66. The molecule has 0 aromatic carbocycles. The summed E-state index contributed by atoms with van der Waals surface area (Å²) in [6.45, 7) is 8.63. The lowest BCUT2D eigenvalue weighted by Gasteiger charge is -2.38. The summed E-state index contributed by atoms with van der Waals surface area (Å²) in [5.41, 5.74) is 1.13. The lowest BCUT2D eigenvalue weighted by molar-refractivity contribution is 0.0608. The maximum Gasteiger partial charge on any atom is 0.255 e. The van der Waals surface area contributed by atoms with Gasteiger partial charge in [-0.15, -0.1) is 11.3 Å². The van der Waals surface area contributed by atoms with E-state index in [1.54, 1.807) is 11.3 Å². The first kappa shape index (κ1) is 15.5. The van der Waals surface area contributed by atoms with Crippen LogP contribution >= 0.6 is 43.2 Å². The van der Waals surface area contributed by atoms with E-state index >= 15 is 0 Å². The summed E-state index contributed by atoms with van der Waals surface area (Å²) in [7, 11) is 0. The number of piperidine rings is 1. The summed E-state index contributed by atoms with van der Waals surface area (Å²) in [6, 6.07) is 1.91. The zero-order valence-corrected chi connectivity index (χ0v) is 15.5. The predicted molar refractivity (Wildman–Crippen MR) is 87.8 cm³/mol. The van der Waals surface area contributed by atoms with Crippen molar-refractivity contribution in [3.8, 4) is 0 Å². The summed E-state index contributed by atoms with van der Waals surface area (Å²) in [5.74, 6) is 0.871. The molecule has 1 fully saturated rings. The lowest BCUT2D eigenvalue weighted by atomic mass is 9.75. The number of halogens is 2. The zero-order valence-electron chi connectivity index (χ0n) is 11.5. The molecule has 5 heteroatoms. The van der Waals surface area contributed by atoms with Gasteiger partial charge in [-0.2, -0.15) is 0 Å². The van der Waals surface area contributed by atoms with Crippen LogP contribution in [0.2, 0.25) is 0 Å². The largest absolute Gasteiger partial charge is 0.339 e. The summed E-state index contributed by atoms with van der Waals surface area (Å²) in [4.78, 5) is 14.5. The smallest absolute Gasteiger partial charge is 0.255 e. The van der Waals surface area contributed by atoms with Crippen molar-refractivity contribution >= 4 is 49.1 Å². The van der Waals surface area contributed by atoms with E-state index in [0.717, 1.165) is 39.1 Å². The number of hydrogen-bond acceptors (Lipinski definition) is 2. The van der Waals surface area contributed by atoms with Crippen LogP contribution in [0.1, 0.15) is 44.0 Å². The minimum absolute atomic E-state index is 0.154. The molecule has 1 amide bonds. The second-order valence-electron chi connectivity index (χ2n) is 6.17. The molecule has 2 nitrogen and oxygen atoms in total. The monoisotopic (exact) mass is 407 g/mol. The third-order valence-corrected chi connectivity index (χ3v) is 6.23. The number of rotatable bonds is 1. The normalized spacial score (nSPS) is 17.8. The summed E-state index contributed by atoms with van der Waals surface area (Å²) in [6.07, 6.45) is 2.22. The molecule has 0 bridgehead atoms. The third kappa shape index (κ3) is 3.61. The molecule has 0 aliphatic carbocycles. The van der Waals surface area contributed by atoms with Crippen molar-refractivity contribution in [1.82, 2.24) is 4.90 Å². The highest BCUT2D eigenvalue weighted by atomic mass is 79.9. The molecule has 19 heavy (non-hydrogen) atoms. The van der Waals surface area contributed by atoms with Gasteiger partial charge in [-0.1, -0.05) is 20.8 Å². The van der Waals surface area contributed by atoms with Crippen molar-refractivity contribution in [1.29, 1.82) is 0 Å². The molecule has 0 N–H and O–H groups in total. The number of nitrogens with zero attached hydrogens (tertiary/aromatic N) is 1. The van der Waals surface area contributed by atoms with E-state index in [0.29, 0.717) is 11.3 Å². The van der Waals surface area contributed by atoms with Crippen molar-refractivity contribution in [2.75, 3.05) is 13.1 Å². The maximum absolute atomic E-state index is 12.5. The van der Waals surface area contributed by atoms with E-state index in [1.165, 1.54) is 0 Å². The first-order valence-electron chi connectivity index (χ1n) is 6.53. The van der Waals surface area contributed by atoms with Crippen LogP contribution in [0.15, 0.2) is 13.6 Å². The van der Waals surface area contributed by atoms with Gasteiger partial charge >= 0.3 is 0 Å². The summed E-state index contributed by atoms with van der Waals surface area (Å²) < 4.78 is 1.91. The molecule has 2 heterocycles. The van der Waals surface area contributed by atoms with Gasteiger partial charge < -0.3 is 4.90 Å². The molecule has 1 aliphatic heterocycles. The first-order valence-corrected chi connectivity index (χ1v) is 8.93. The summed E-state index contributed by atoms with van der Waals surface area (Å²) >= 11 is 8.45. The Bertz CT molecular complexity index is 470. The zero-order chi connectivity index (χ0) is 14.2. The highest BCUT2D eigenvalue weighted by Crippen LogP contribution is 2.36. The van der Waals surface area contributed by atoms with E-state index in [2.05, 4.69) is 52.6 Å². The van der Waals surface area contributed by atoms with E-state index in [4.69, 9.17) is 0 Å². The Morgan fingerprint density at radius 2 is 1.89 bits per heavy atom. The van der Waals surface area contributed by atoms with Gasteiger partial charge in [0.25, 0.3) is 5.91 Å². The van der Waals surface area contributed by atoms with Gasteiger partial charge in [0.15, 0.2) is 0 Å². The quantitative estimate of drug-likeness (QED) is 0.627. The van der Waals surface area contributed by atoms with Crippen molar-refractivity contribution in [3.05, 3.63) is 19.2 Å². The van der Waals surface area contributed by atoms with E-state index in [9.17, 15) is 4.79 Å². The molecule has 2 rings (SSSR count). The van der Waals surface area contributed by atoms with Gasteiger partial charge in [-0.05, 0) is 62.1 Å². The Morgan fingerprint density at radius 1 is 1.32 bits per heavy atom. The molecule has 0 atom stereocenters. The predicted octanol–water partition coefficient (Wildman–Crippen LogP) is 5.17. The van der Waals surface area contributed by atoms with Crippen LogP contribution in [0, 0.1) is 11.3 Å². The Labute approximate surface area is 135 Å². The molecule has 1 saturated heterocycles. The molecule has 0 saturated carbocycles. The van der Waals surface area contributed by atoms with Crippen molar-refractivity contribution in [2.45, 2.75) is 33.6 Å². The van der Waals surface area contributed by atoms with Gasteiger partial charge in [0.05, 0.1) is 13.1 Å². The van der Waals surface area contributed by atoms with Crippen LogP contribution < -0.4 is 0 Å². The van der Waals surface area contributed by atoms with Gasteiger partial charge in [0.2, 0.25) is 0 Å². The molecule has 106 valence electrons. The lowest BCUT2D eigenvalue weighted by Crippen LogP contribution is -2.41. The van der Waals surface area contributed by atoms with Crippen LogP contribution in [0.5, 0.6) is 0 Å². The van der Waals surface area contributed by atoms with Crippen LogP contribution in [0.4, 0.5) is 0 Å². The molecule has 0 radical (unpaired) electrons. The van der Waals surface area contributed by atoms with E-state index in [-0.39, 0.29) is 5.91 Å². The Morgan fingerprint density at radius 3 is 2.32 bits per heavy atom. The minimum atomic E-state index is 0.154. The fourth-order valence-electron chi connectivity index (χ4n) is 2.61. The van der Waals surface area contributed by atoms with Crippen molar-refractivity contribution in [2.24, 2.45) is 11.3 Å². The van der Waals surface area contributed by atoms with Gasteiger partial charge in [-0.3, -0.25) is 4.79 Å². The van der Waals surface area contributed by atoms with Crippen LogP contribution in [-0.2, 0) is 0 Å². The molecule has 1 aromatic heterocycles. The fraction of sp³-hybridized carbons (Fsp3) is 0.643. The average molecular weight is 409 g/mol. The third-order valence-electron chi connectivity index (χ3n) is 3.89. The van der Waals surface area contributed by atoms with Crippen molar-refractivity contribution < 1.29 is 4.79 Å². The number of amides is 1. The highest BCUT2D eigenvalue weighted by molar-refractivity contribution is 9.12. The van der Waals surface area contributed by atoms with E-state index in [1.807, 2.05) is 11.0 Å². The SMILES string of the molecule is CC(C)(C)C1CCN(C(=O)c2cc(Br)sc2Br)CC1. The molecule has 0 unspecified atom stereocenters. The first-order chi connectivity index (χ1) is 8.79. The molecule has 0 spiro atoms. The Hall–Kier alpha value is 0.130. The highest BCUT2D eigenvalue weighted by Gasteiger charge is 2.31. The number of thiophene rings is 1.